The second kappa shape index (κ2) is 8.63. The smallest absolute Gasteiger partial charge is 0.338 e. The van der Waals surface area contributed by atoms with Gasteiger partial charge in [0.2, 0.25) is 0 Å². The van der Waals surface area contributed by atoms with E-state index in [1.54, 1.807) is 25.5 Å². The zero-order valence-corrected chi connectivity index (χ0v) is 19.5. The second-order valence-electron chi connectivity index (χ2n) is 7.58. The molecule has 0 radical (unpaired) electrons. The Morgan fingerprint density at radius 3 is 2.69 bits per heavy atom. The number of nitrogens with one attached hydrogen (secondary N) is 1. The fraction of sp³-hybridized carbons (Fsp3) is 0.292. The highest BCUT2D eigenvalue weighted by atomic mass is 32.1. The van der Waals surface area contributed by atoms with Gasteiger partial charge < -0.3 is 14.5 Å². The minimum atomic E-state index is -0.697. The predicted molar refractivity (Wildman–Crippen MR) is 124 cm³/mol. The Morgan fingerprint density at radius 1 is 1.28 bits per heavy atom. The summed E-state index contributed by atoms with van der Waals surface area (Å²) >= 11 is 1.30. The topological polar surface area (TPSA) is 85.7 Å². The lowest BCUT2D eigenvalue weighted by Gasteiger charge is -2.25. The first-order chi connectivity index (χ1) is 15.3. The monoisotopic (exact) mass is 451 g/mol. The summed E-state index contributed by atoms with van der Waals surface area (Å²) in [4.78, 5) is 35.0. The molecule has 1 atom stereocenters. The van der Waals surface area contributed by atoms with Gasteiger partial charge in [-0.3, -0.25) is 9.36 Å². The largest absolute Gasteiger partial charge is 0.496 e. The van der Waals surface area contributed by atoms with Crippen LogP contribution in [-0.4, -0.2) is 29.2 Å². The van der Waals surface area contributed by atoms with E-state index in [1.807, 2.05) is 50.3 Å². The number of methoxy groups -OCH3 is 1. The van der Waals surface area contributed by atoms with Crippen LogP contribution >= 0.6 is 11.3 Å². The molecular weight excluding hydrogens is 426 g/mol. The maximum atomic E-state index is 13.6. The molecule has 3 aromatic rings. The number of nitrogens with zero attached hydrogens (tertiary/aromatic N) is 2. The lowest BCUT2D eigenvalue weighted by molar-refractivity contribution is -0.139. The van der Waals surface area contributed by atoms with Crippen LogP contribution in [0.4, 0.5) is 0 Å². The number of benzene rings is 1. The second-order valence-corrected chi connectivity index (χ2v) is 8.59. The SMILES string of the molecule is CCOC(=O)C1=C(C)N=c2sc(=Cc3cc(C)[nH]c3C)c(=O)n2[C@@H]1c1ccccc1OC. The number of H-pyrrole nitrogens is 1. The number of aromatic nitrogens is 2. The van der Waals surface area contributed by atoms with Crippen LogP contribution in [0.15, 0.2) is 51.4 Å². The number of para-hydroxylation sites is 1. The average molecular weight is 452 g/mol. The van der Waals surface area contributed by atoms with Crippen molar-refractivity contribution >= 4 is 23.4 Å². The number of aryl methyl sites for hydroxylation is 2. The van der Waals surface area contributed by atoms with Crippen molar-refractivity contribution in [3.63, 3.8) is 0 Å². The molecule has 3 heterocycles. The molecular formula is C24H25N3O4S. The summed E-state index contributed by atoms with van der Waals surface area (Å²) in [5, 5.41) is 0. The summed E-state index contributed by atoms with van der Waals surface area (Å²) in [6.07, 6.45) is 1.87. The summed E-state index contributed by atoms with van der Waals surface area (Å²) in [7, 11) is 1.57. The molecule has 0 saturated carbocycles. The number of thiazole rings is 1. The quantitative estimate of drug-likeness (QED) is 0.605. The van der Waals surface area contributed by atoms with Crippen molar-refractivity contribution in [2.45, 2.75) is 33.7 Å². The predicted octanol–water partition coefficient (Wildman–Crippen LogP) is 2.75. The van der Waals surface area contributed by atoms with Crippen LogP contribution in [0.3, 0.4) is 0 Å². The molecule has 166 valence electrons. The molecule has 1 aliphatic heterocycles. The number of carbonyl (C=O) groups is 1. The Bertz CT molecular complexity index is 1410. The normalized spacial score (nSPS) is 16.0. The van der Waals surface area contributed by atoms with Crippen LogP contribution in [0.5, 0.6) is 5.75 Å². The third kappa shape index (κ3) is 3.71. The molecule has 8 heteroatoms. The Balaban J connectivity index is 2.01. The van der Waals surface area contributed by atoms with Crippen LogP contribution in [0.25, 0.3) is 6.08 Å². The van der Waals surface area contributed by atoms with Crippen LogP contribution in [0.1, 0.15) is 42.4 Å². The maximum absolute atomic E-state index is 13.6. The molecule has 1 N–H and O–H groups in total. The van der Waals surface area contributed by atoms with Crippen molar-refractivity contribution in [2.24, 2.45) is 4.99 Å². The Hall–Kier alpha value is -3.39. The molecule has 0 fully saturated rings. The van der Waals surface area contributed by atoms with Crippen molar-refractivity contribution < 1.29 is 14.3 Å². The van der Waals surface area contributed by atoms with E-state index in [4.69, 9.17) is 9.47 Å². The van der Waals surface area contributed by atoms with Crippen molar-refractivity contribution in [1.29, 1.82) is 0 Å². The van der Waals surface area contributed by atoms with E-state index in [-0.39, 0.29) is 12.2 Å². The van der Waals surface area contributed by atoms with E-state index in [2.05, 4.69) is 9.98 Å². The number of hydrogen-bond donors (Lipinski definition) is 1. The van der Waals surface area contributed by atoms with Gasteiger partial charge in [-0.2, -0.15) is 0 Å². The summed E-state index contributed by atoms with van der Waals surface area (Å²) in [5.41, 5.74) is 4.31. The third-order valence-electron chi connectivity index (χ3n) is 5.43. The highest BCUT2D eigenvalue weighted by Crippen LogP contribution is 2.35. The molecule has 0 bridgehead atoms. The van der Waals surface area contributed by atoms with Crippen LogP contribution in [0, 0.1) is 13.8 Å². The number of ether oxygens (including phenoxy) is 2. The fourth-order valence-electron chi connectivity index (χ4n) is 4.01. The third-order valence-corrected chi connectivity index (χ3v) is 6.41. The molecule has 0 unspecified atom stereocenters. The molecule has 1 aliphatic rings. The molecule has 0 saturated heterocycles. The van der Waals surface area contributed by atoms with Gasteiger partial charge in [0.15, 0.2) is 4.80 Å². The van der Waals surface area contributed by atoms with Crippen molar-refractivity contribution in [3.8, 4) is 5.75 Å². The van der Waals surface area contributed by atoms with E-state index in [9.17, 15) is 9.59 Å². The lowest BCUT2D eigenvalue weighted by atomic mass is 9.95. The first-order valence-electron chi connectivity index (χ1n) is 10.3. The van der Waals surface area contributed by atoms with Gasteiger partial charge in [0.25, 0.3) is 5.56 Å². The number of esters is 1. The summed E-state index contributed by atoms with van der Waals surface area (Å²) in [6.45, 7) is 7.69. The van der Waals surface area contributed by atoms with Gasteiger partial charge >= 0.3 is 5.97 Å². The first-order valence-corrected chi connectivity index (χ1v) is 11.2. The van der Waals surface area contributed by atoms with Crippen LogP contribution < -0.4 is 19.6 Å². The minimum absolute atomic E-state index is 0.211. The van der Waals surface area contributed by atoms with Crippen molar-refractivity contribution in [3.05, 3.63) is 83.8 Å². The van der Waals surface area contributed by atoms with Gasteiger partial charge in [-0.1, -0.05) is 29.5 Å². The molecule has 4 rings (SSSR count). The Labute approximate surface area is 189 Å². The number of hydrogen-bond acceptors (Lipinski definition) is 6. The molecule has 1 aromatic carbocycles. The highest BCUT2D eigenvalue weighted by molar-refractivity contribution is 7.07. The molecule has 0 amide bonds. The fourth-order valence-corrected chi connectivity index (χ4v) is 5.05. The first kappa shape index (κ1) is 21.8. The molecule has 32 heavy (non-hydrogen) atoms. The van der Waals surface area contributed by atoms with Crippen LogP contribution in [-0.2, 0) is 9.53 Å². The molecule has 7 nitrogen and oxygen atoms in total. The van der Waals surface area contributed by atoms with E-state index in [0.29, 0.717) is 31.9 Å². The maximum Gasteiger partial charge on any atom is 0.338 e. The van der Waals surface area contributed by atoms with Gasteiger partial charge in [0.05, 0.1) is 29.5 Å². The summed E-state index contributed by atoms with van der Waals surface area (Å²) < 4.78 is 13.0. The van der Waals surface area contributed by atoms with E-state index in [0.717, 1.165) is 17.0 Å². The zero-order chi connectivity index (χ0) is 23.0. The number of carbonyl (C=O) groups excluding carboxylic acids is 1. The molecule has 0 spiro atoms. The van der Waals surface area contributed by atoms with Gasteiger partial charge in [-0.25, -0.2) is 9.79 Å². The number of rotatable bonds is 5. The average Bonchev–Trinajstić information content (AvgIpc) is 3.24. The Kier molecular flexibility index (Phi) is 5.88. The minimum Gasteiger partial charge on any atom is -0.496 e. The van der Waals surface area contributed by atoms with Gasteiger partial charge in [-0.15, -0.1) is 0 Å². The van der Waals surface area contributed by atoms with E-state index < -0.39 is 12.0 Å². The molecule has 0 aliphatic carbocycles. The highest BCUT2D eigenvalue weighted by Gasteiger charge is 2.34. The van der Waals surface area contributed by atoms with E-state index >= 15 is 0 Å². The van der Waals surface area contributed by atoms with Crippen LogP contribution in [0.2, 0.25) is 0 Å². The Morgan fingerprint density at radius 2 is 2.03 bits per heavy atom. The van der Waals surface area contributed by atoms with Crippen molar-refractivity contribution in [2.75, 3.05) is 13.7 Å². The molecule has 2 aromatic heterocycles. The van der Waals surface area contributed by atoms with Gasteiger partial charge in [-0.05, 0) is 51.5 Å². The standard InChI is InChI=1S/C24H25N3O4S/c1-6-31-23(29)20-15(4)26-24-27(21(20)17-9-7-8-10-18(17)30-5)22(28)19(32-24)12-16-11-13(2)25-14(16)3/h7-12,21,25H,6H2,1-5H3/t21-/m1/s1. The number of allylic oxidation sites excluding steroid dienone is 1. The zero-order valence-electron chi connectivity index (χ0n) is 18.7. The van der Waals surface area contributed by atoms with Crippen molar-refractivity contribution in [1.82, 2.24) is 9.55 Å². The summed E-state index contributed by atoms with van der Waals surface area (Å²) in [6, 6.07) is 8.69. The van der Waals surface area contributed by atoms with Gasteiger partial charge in [0.1, 0.15) is 11.8 Å². The number of fused-ring (bicyclic) bond motifs is 1. The van der Waals surface area contributed by atoms with Gasteiger partial charge in [0, 0.05) is 17.0 Å². The lowest BCUT2D eigenvalue weighted by Crippen LogP contribution is -2.40. The summed E-state index contributed by atoms with van der Waals surface area (Å²) in [5.74, 6) is 0.0942. The van der Waals surface area contributed by atoms with E-state index in [1.165, 1.54) is 11.3 Å². The number of aromatic amines is 1.